The van der Waals surface area contributed by atoms with E-state index in [-0.39, 0.29) is 0 Å². The number of rotatable bonds is 6. The predicted octanol–water partition coefficient (Wildman–Crippen LogP) is 2.57. The number of hydrogen-bond acceptors (Lipinski definition) is 3. The van der Waals surface area contributed by atoms with E-state index in [1.54, 1.807) is 0 Å². The third-order valence-electron chi connectivity index (χ3n) is 4.02. The SMILES string of the molecule is CCN1CCN(c2ccccc2CNCC(C)C)CC1. The minimum absolute atomic E-state index is 0.704. The van der Waals surface area contributed by atoms with E-state index in [0.29, 0.717) is 5.92 Å². The maximum atomic E-state index is 3.56. The average Bonchev–Trinajstić information content (AvgIpc) is 2.47. The van der Waals surface area contributed by atoms with Gasteiger partial charge in [-0.25, -0.2) is 0 Å². The summed E-state index contributed by atoms with van der Waals surface area (Å²) >= 11 is 0. The standard InChI is InChI=1S/C17H29N3/c1-4-19-9-11-20(12-10-19)17-8-6-5-7-16(17)14-18-13-15(2)3/h5-8,15,18H,4,9-14H2,1-3H3. The summed E-state index contributed by atoms with van der Waals surface area (Å²) in [5, 5.41) is 3.56. The van der Waals surface area contributed by atoms with Gasteiger partial charge in [0.1, 0.15) is 0 Å². The number of hydrogen-bond donors (Lipinski definition) is 1. The number of likely N-dealkylation sites (N-methyl/N-ethyl adjacent to an activating group) is 1. The zero-order chi connectivity index (χ0) is 14.4. The molecule has 0 aliphatic carbocycles. The molecule has 1 heterocycles. The highest BCUT2D eigenvalue weighted by Crippen LogP contribution is 2.21. The average molecular weight is 275 g/mol. The Hall–Kier alpha value is -1.06. The van der Waals surface area contributed by atoms with Crippen LogP contribution in [0.5, 0.6) is 0 Å². The molecular formula is C17H29N3. The fourth-order valence-electron chi connectivity index (χ4n) is 2.77. The van der Waals surface area contributed by atoms with Crippen molar-refractivity contribution < 1.29 is 0 Å². The van der Waals surface area contributed by atoms with Crippen LogP contribution in [0.15, 0.2) is 24.3 Å². The van der Waals surface area contributed by atoms with Crippen LogP contribution in [0.3, 0.4) is 0 Å². The molecule has 0 amide bonds. The zero-order valence-electron chi connectivity index (χ0n) is 13.2. The first-order valence-electron chi connectivity index (χ1n) is 7.96. The van der Waals surface area contributed by atoms with Crippen molar-refractivity contribution in [3.05, 3.63) is 29.8 Å². The maximum absolute atomic E-state index is 3.56. The summed E-state index contributed by atoms with van der Waals surface area (Å²) in [6.07, 6.45) is 0. The van der Waals surface area contributed by atoms with E-state index in [1.165, 1.54) is 30.9 Å². The molecule has 3 heteroatoms. The summed E-state index contributed by atoms with van der Waals surface area (Å²) in [5.74, 6) is 0.704. The molecule has 0 unspecified atom stereocenters. The summed E-state index contributed by atoms with van der Waals surface area (Å²) in [7, 11) is 0. The summed E-state index contributed by atoms with van der Waals surface area (Å²) < 4.78 is 0. The Bertz CT molecular complexity index is 395. The van der Waals surface area contributed by atoms with Crippen molar-refractivity contribution in [2.75, 3.05) is 44.2 Å². The Morgan fingerprint density at radius 2 is 1.80 bits per heavy atom. The second-order valence-electron chi connectivity index (χ2n) is 6.07. The van der Waals surface area contributed by atoms with E-state index in [2.05, 4.69) is 60.2 Å². The Balaban J connectivity index is 1.97. The lowest BCUT2D eigenvalue weighted by atomic mass is 10.1. The molecule has 2 rings (SSSR count). The molecule has 0 radical (unpaired) electrons. The van der Waals surface area contributed by atoms with Crippen LogP contribution in [0.2, 0.25) is 0 Å². The topological polar surface area (TPSA) is 18.5 Å². The normalized spacial score (nSPS) is 16.9. The molecule has 0 spiro atoms. The van der Waals surface area contributed by atoms with Gasteiger partial charge in [0.15, 0.2) is 0 Å². The predicted molar refractivity (Wildman–Crippen MR) is 87.3 cm³/mol. The molecule has 1 fully saturated rings. The molecule has 3 nitrogen and oxygen atoms in total. The minimum Gasteiger partial charge on any atom is -0.369 e. The number of nitrogens with one attached hydrogen (secondary N) is 1. The number of anilines is 1. The van der Waals surface area contributed by atoms with Gasteiger partial charge in [0, 0.05) is 38.4 Å². The molecule has 1 aliphatic rings. The van der Waals surface area contributed by atoms with Crippen LogP contribution in [0.25, 0.3) is 0 Å². The fourth-order valence-corrected chi connectivity index (χ4v) is 2.77. The van der Waals surface area contributed by atoms with Crippen molar-refractivity contribution in [2.24, 2.45) is 5.92 Å². The number of nitrogens with zero attached hydrogens (tertiary/aromatic N) is 2. The third-order valence-corrected chi connectivity index (χ3v) is 4.02. The van der Waals surface area contributed by atoms with Crippen LogP contribution >= 0.6 is 0 Å². The highest BCUT2D eigenvalue weighted by Gasteiger charge is 2.17. The van der Waals surface area contributed by atoms with E-state index >= 15 is 0 Å². The van der Waals surface area contributed by atoms with Crippen molar-refractivity contribution in [1.82, 2.24) is 10.2 Å². The lowest BCUT2D eigenvalue weighted by Crippen LogP contribution is -2.46. The van der Waals surface area contributed by atoms with Crippen molar-refractivity contribution in [3.63, 3.8) is 0 Å². The van der Waals surface area contributed by atoms with Crippen LogP contribution in [0, 0.1) is 5.92 Å². The maximum Gasteiger partial charge on any atom is 0.0412 e. The molecule has 1 aliphatic heterocycles. The molecule has 20 heavy (non-hydrogen) atoms. The van der Waals surface area contributed by atoms with Gasteiger partial charge in [-0.3, -0.25) is 0 Å². The van der Waals surface area contributed by atoms with Gasteiger partial charge in [-0.15, -0.1) is 0 Å². The van der Waals surface area contributed by atoms with Gasteiger partial charge in [0.2, 0.25) is 0 Å². The molecule has 0 atom stereocenters. The van der Waals surface area contributed by atoms with Gasteiger partial charge in [-0.2, -0.15) is 0 Å². The Morgan fingerprint density at radius 3 is 2.45 bits per heavy atom. The minimum atomic E-state index is 0.704. The largest absolute Gasteiger partial charge is 0.369 e. The van der Waals surface area contributed by atoms with Gasteiger partial charge in [-0.05, 0) is 30.6 Å². The van der Waals surface area contributed by atoms with Crippen LogP contribution in [0.1, 0.15) is 26.3 Å². The van der Waals surface area contributed by atoms with Crippen molar-refractivity contribution in [2.45, 2.75) is 27.3 Å². The lowest BCUT2D eigenvalue weighted by Gasteiger charge is -2.36. The van der Waals surface area contributed by atoms with Gasteiger partial charge in [0.05, 0.1) is 0 Å². The second kappa shape index (κ2) is 7.65. The third kappa shape index (κ3) is 4.22. The fraction of sp³-hybridized carbons (Fsp3) is 0.647. The van der Waals surface area contributed by atoms with Crippen LogP contribution in [-0.4, -0.2) is 44.2 Å². The Kier molecular flexibility index (Phi) is 5.86. The zero-order valence-corrected chi connectivity index (χ0v) is 13.2. The first kappa shape index (κ1) is 15.3. The first-order valence-corrected chi connectivity index (χ1v) is 7.96. The monoisotopic (exact) mass is 275 g/mol. The molecule has 1 aromatic carbocycles. The van der Waals surface area contributed by atoms with Gasteiger partial charge in [-0.1, -0.05) is 39.0 Å². The summed E-state index contributed by atoms with van der Waals surface area (Å²) in [6.45, 7) is 14.6. The van der Waals surface area contributed by atoms with E-state index in [0.717, 1.165) is 26.2 Å². The van der Waals surface area contributed by atoms with E-state index in [9.17, 15) is 0 Å². The number of piperazine rings is 1. The molecule has 1 N–H and O–H groups in total. The van der Waals surface area contributed by atoms with Gasteiger partial charge in [0.25, 0.3) is 0 Å². The van der Waals surface area contributed by atoms with E-state index in [4.69, 9.17) is 0 Å². The van der Waals surface area contributed by atoms with E-state index < -0.39 is 0 Å². The first-order chi connectivity index (χ1) is 9.70. The number of para-hydroxylation sites is 1. The van der Waals surface area contributed by atoms with Gasteiger partial charge >= 0.3 is 0 Å². The summed E-state index contributed by atoms with van der Waals surface area (Å²) in [4.78, 5) is 5.06. The highest BCUT2D eigenvalue weighted by atomic mass is 15.3. The molecule has 0 saturated carbocycles. The Morgan fingerprint density at radius 1 is 1.10 bits per heavy atom. The van der Waals surface area contributed by atoms with E-state index in [1.807, 2.05) is 0 Å². The van der Waals surface area contributed by atoms with Crippen molar-refractivity contribution >= 4 is 5.69 Å². The quantitative estimate of drug-likeness (QED) is 0.861. The lowest BCUT2D eigenvalue weighted by molar-refractivity contribution is 0.271. The highest BCUT2D eigenvalue weighted by molar-refractivity contribution is 5.54. The molecule has 0 bridgehead atoms. The summed E-state index contributed by atoms with van der Waals surface area (Å²) in [6, 6.07) is 8.84. The molecular weight excluding hydrogens is 246 g/mol. The molecule has 1 saturated heterocycles. The molecule has 0 aromatic heterocycles. The van der Waals surface area contributed by atoms with Crippen molar-refractivity contribution in [3.8, 4) is 0 Å². The second-order valence-corrected chi connectivity index (χ2v) is 6.07. The smallest absolute Gasteiger partial charge is 0.0412 e. The van der Waals surface area contributed by atoms with Gasteiger partial charge < -0.3 is 15.1 Å². The van der Waals surface area contributed by atoms with Crippen molar-refractivity contribution in [1.29, 1.82) is 0 Å². The molecule has 1 aromatic rings. The number of benzene rings is 1. The van der Waals surface area contributed by atoms with Crippen LogP contribution in [0.4, 0.5) is 5.69 Å². The molecule has 112 valence electrons. The summed E-state index contributed by atoms with van der Waals surface area (Å²) in [5.41, 5.74) is 2.85. The van der Waals surface area contributed by atoms with Crippen LogP contribution < -0.4 is 10.2 Å². The van der Waals surface area contributed by atoms with Crippen LogP contribution in [-0.2, 0) is 6.54 Å². The Labute approximate surface area is 124 Å².